The van der Waals surface area contributed by atoms with Gasteiger partial charge in [-0.3, -0.25) is 0 Å². The average molecular weight is 360 g/mol. The first kappa shape index (κ1) is 15.9. The van der Waals surface area contributed by atoms with Crippen LogP contribution in [0, 0.1) is 13.8 Å². The largest absolute Gasteiger partial charge is 0.368 e. The zero-order valence-corrected chi connectivity index (χ0v) is 15.4. The van der Waals surface area contributed by atoms with Gasteiger partial charge in [0.05, 0.1) is 5.52 Å². The van der Waals surface area contributed by atoms with Crippen molar-refractivity contribution in [2.75, 3.05) is 36.0 Å². The first-order valence-electron chi connectivity index (χ1n) is 9.07. The van der Waals surface area contributed by atoms with Gasteiger partial charge in [-0.1, -0.05) is 0 Å². The van der Waals surface area contributed by atoms with E-state index in [1.165, 1.54) is 5.69 Å². The number of aromatic nitrogens is 6. The van der Waals surface area contributed by atoms with Gasteiger partial charge in [0.25, 0.3) is 5.78 Å². The molecule has 1 saturated heterocycles. The maximum absolute atomic E-state index is 4.52. The molecule has 8 nitrogen and oxygen atoms in total. The summed E-state index contributed by atoms with van der Waals surface area (Å²) >= 11 is 0. The van der Waals surface area contributed by atoms with Gasteiger partial charge >= 0.3 is 0 Å². The summed E-state index contributed by atoms with van der Waals surface area (Å²) in [5.74, 6) is 1.76. The van der Waals surface area contributed by atoms with Crippen LogP contribution in [0.25, 0.3) is 16.7 Å². The molecule has 0 radical (unpaired) electrons. The Bertz CT molecular complexity index is 1130. The van der Waals surface area contributed by atoms with Crippen molar-refractivity contribution >= 4 is 28.2 Å². The fraction of sp³-hybridized carbons (Fsp3) is 0.316. The molecule has 1 fully saturated rings. The smallest absolute Gasteiger partial charge is 0.254 e. The third-order valence-electron chi connectivity index (χ3n) is 5.31. The number of rotatable bonds is 2. The Morgan fingerprint density at radius 2 is 1.74 bits per heavy atom. The molecule has 27 heavy (non-hydrogen) atoms. The minimum Gasteiger partial charge on any atom is -0.368 e. The second-order valence-corrected chi connectivity index (χ2v) is 6.86. The summed E-state index contributed by atoms with van der Waals surface area (Å²) in [6, 6.07) is 6.37. The number of aryl methyl sites for hydroxylation is 1. The number of anilines is 2. The van der Waals surface area contributed by atoms with Crippen LogP contribution in [-0.2, 0) is 0 Å². The molecule has 1 aromatic carbocycles. The van der Waals surface area contributed by atoms with Crippen LogP contribution in [-0.4, -0.2) is 55.7 Å². The Morgan fingerprint density at radius 3 is 2.59 bits per heavy atom. The van der Waals surface area contributed by atoms with E-state index < -0.39 is 0 Å². The molecule has 1 aliphatic heterocycles. The summed E-state index contributed by atoms with van der Waals surface area (Å²) in [7, 11) is 0. The van der Waals surface area contributed by atoms with E-state index in [0.29, 0.717) is 5.78 Å². The van der Waals surface area contributed by atoms with Gasteiger partial charge in [0.15, 0.2) is 0 Å². The Morgan fingerprint density at radius 1 is 0.926 bits per heavy atom. The second-order valence-electron chi connectivity index (χ2n) is 6.86. The lowest BCUT2D eigenvalue weighted by Gasteiger charge is -2.38. The fourth-order valence-electron chi connectivity index (χ4n) is 3.73. The van der Waals surface area contributed by atoms with Crippen LogP contribution < -0.4 is 9.80 Å². The predicted octanol–water partition coefficient (Wildman–Crippen LogP) is 2.01. The molecule has 0 amide bonds. The van der Waals surface area contributed by atoms with Gasteiger partial charge in [0.1, 0.15) is 18.5 Å². The Labute approximate surface area is 156 Å². The zero-order chi connectivity index (χ0) is 18.4. The van der Waals surface area contributed by atoms with E-state index >= 15 is 0 Å². The van der Waals surface area contributed by atoms with E-state index in [1.807, 2.05) is 17.6 Å². The summed E-state index contributed by atoms with van der Waals surface area (Å²) in [4.78, 5) is 22.0. The highest BCUT2D eigenvalue weighted by atomic mass is 15.4. The molecule has 0 atom stereocenters. The number of nitrogens with zero attached hydrogens (tertiary/aromatic N) is 8. The summed E-state index contributed by atoms with van der Waals surface area (Å²) in [5.41, 5.74) is 4.35. The minimum absolute atomic E-state index is 0.657. The van der Waals surface area contributed by atoms with E-state index in [9.17, 15) is 0 Å². The lowest BCUT2D eigenvalue weighted by Crippen LogP contribution is -2.47. The SMILES string of the molecule is Cc1nc2ncnn2c(N2CCN(c3ccc4ncncc4c3)CC2)c1C. The van der Waals surface area contributed by atoms with Crippen molar-refractivity contribution in [2.24, 2.45) is 0 Å². The quantitative estimate of drug-likeness (QED) is 0.541. The topological polar surface area (TPSA) is 75.3 Å². The molecule has 3 aromatic heterocycles. The molecule has 0 bridgehead atoms. The molecule has 5 rings (SSSR count). The van der Waals surface area contributed by atoms with Crippen molar-refractivity contribution in [3.8, 4) is 0 Å². The number of benzene rings is 1. The van der Waals surface area contributed by atoms with Crippen LogP contribution in [0.4, 0.5) is 11.5 Å². The number of hydrogen-bond donors (Lipinski definition) is 0. The second kappa shape index (κ2) is 6.15. The minimum atomic E-state index is 0.657. The fourth-order valence-corrected chi connectivity index (χ4v) is 3.73. The van der Waals surface area contributed by atoms with Crippen molar-refractivity contribution in [1.29, 1.82) is 0 Å². The molecular weight excluding hydrogens is 340 g/mol. The Balaban J connectivity index is 1.41. The van der Waals surface area contributed by atoms with Gasteiger partial charge in [-0.05, 0) is 32.0 Å². The van der Waals surface area contributed by atoms with Crippen LogP contribution in [0.1, 0.15) is 11.3 Å². The summed E-state index contributed by atoms with van der Waals surface area (Å²) in [6.07, 6.45) is 5.02. The van der Waals surface area contributed by atoms with Crippen molar-refractivity contribution < 1.29 is 0 Å². The van der Waals surface area contributed by atoms with Crippen LogP contribution in [0.15, 0.2) is 37.1 Å². The highest BCUT2D eigenvalue weighted by Crippen LogP contribution is 2.26. The molecule has 4 aromatic rings. The summed E-state index contributed by atoms with van der Waals surface area (Å²) in [6.45, 7) is 7.85. The predicted molar refractivity (Wildman–Crippen MR) is 104 cm³/mol. The Kier molecular flexibility index (Phi) is 3.63. The van der Waals surface area contributed by atoms with Crippen molar-refractivity contribution in [2.45, 2.75) is 13.8 Å². The molecular formula is C19H20N8. The van der Waals surface area contributed by atoms with Gasteiger partial charge in [-0.25, -0.2) is 15.0 Å². The lowest BCUT2D eigenvalue weighted by molar-refractivity contribution is 0.636. The average Bonchev–Trinajstić information content (AvgIpc) is 3.16. The number of piperazine rings is 1. The van der Waals surface area contributed by atoms with E-state index in [1.54, 1.807) is 12.7 Å². The van der Waals surface area contributed by atoms with E-state index in [4.69, 9.17) is 0 Å². The highest BCUT2D eigenvalue weighted by Gasteiger charge is 2.23. The van der Waals surface area contributed by atoms with Gasteiger partial charge in [-0.2, -0.15) is 14.6 Å². The standard InChI is InChI=1S/C19H20N8/c1-13-14(2)24-19-22-12-23-27(19)18(13)26-7-5-25(6-8-26)16-3-4-17-15(9-16)10-20-11-21-17/h3-4,9-12H,5-8H2,1-2H3. The van der Waals surface area contributed by atoms with E-state index in [2.05, 4.69) is 60.0 Å². The molecule has 136 valence electrons. The molecule has 1 aliphatic rings. The zero-order valence-electron chi connectivity index (χ0n) is 15.4. The number of fused-ring (bicyclic) bond motifs is 2. The van der Waals surface area contributed by atoms with Gasteiger partial charge in [-0.15, -0.1) is 0 Å². The Hall–Kier alpha value is -3.29. The maximum atomic E-state index is 4.52. The first-order valence-corrected chi connectivity index (χ1v) is 9.07. The van der Waals surface area contributed by atoms with E-state index in [0.717, 1.165) is 54.2 Å². The summed E-state index contributed by atoms with van der Waals surface area (Å²) < 4.78 is 1.85. The van der Waals surface area contributed by atoms with Crippen molar-refractivity contribution in [3.63, 3.8) is 0 Å². The molecule has 0 N–H and O–H groups in total. The lowest BCUT2D eigenvalue weighted by atomic mass is 10.1. The van der Waals surface area contributed by atoms with Gasteiger partial charge in [0.2, 0.25) is 0 Å². The first-order chi connectivity index (χ1) is 13.2. The van der Waals surface area contributed by atoms with Crippen LogP contribution in [0.5, 0.6) is 0 Å². The summed E-state index contributed by atoms with van der Waals surface area (Å²) in [5, 5.41) is 5.45. The van der Waals surface area contributed by atoms with Gasteiger partial charge < -0.3 is 9.80 Å². The van der Waals surface area contributed by atoms with Crippen LogP contribution in [0.2, 0.25) is 0 Å². The maximum Gasteiger partial charge on any atom is 0.254 e. The van der Waals surface area contributed by atoms with Crippen LogP contribution >= 0.6 is 0 Å². The van der Waals surface area contributed by atoms with Crippen molar-refractivity contribution in [3.05, 3.63) is 48.3 Å². The van der Waals surface area contributed by atoms with Gasteiger partial charge in [0, 0.05) is 54.7 Å². The normalized spacial score (nSPS) is 15.0. The van der Waals surface area contributed by atoms with Crippen molar-refractivity contribution in [1.82, 2.24) is 29.5 Å². The molecule has 0 saturated carbocycles. The third kappa shape index (κ3) is 2.64. The monoisotopic (exact) mass is 360 g/mol. The molecule has 0 spiro atoms. The number of hydrogen-bond acceptors (Lipinski definition) is 7. The van der Waals surface area contributed by atoms with Crippen LogP contribution in [0.3, 0.4) is 0 Å². The third-order valence-corrected chi connectivity index (χ3v) is 5.31. The molecule has 8 heteroatoms. The highest BCUT2D eigenvalue weighted by molar-refractivity contribution is 5.81. The molecule has 0 unspecified atom stereocenters. The molecule has 4 heterocycles. The van der Waals surface area contributed by atoms with E-state index in [-0.39, 0.29) is 0 Å². The molecule has 0 aliphatic carbocycles.